The molecule has 1 fully saturated rings. The molecular weight excluding hydrogens is 298 g/mol. The van der Waals surface area contributed by atoms with E-state index in [1.54, 1.807) is 24.3 Å². The van der Waals surface area contributed by atoms with E-state index in [4.69, 9.17) is 0 Å². The zero-order chi connectivity index (χ0) is 16.2. The lowest BCUT2D eigenvalue weighted by Gasteiger charge is -2.34. The number of nitrogens with zero attached hydrogens (tertiary/aromatic N) is 1. The smallest absolute Gasteiger partial charge is 0.175 e. The van der Waals surface area contributed by atoms with Crippen LogP contribution in [0.25, 0.3) is 0 Å². The van der Waals surface area contributed by atoms with Crippen LogP contribution < -0.4 is 0 Å². The minimum atomic E-state index is -3.18. The molecule has 2 unspecified atom stereocenters. The third-order valence-corrected chi connectivity index (χ3v) is 5.55. The lowest BCUT2D eigenvalue weighted by Crippen LogP contribution is -2.38. The van der Waals surface area contributed by atoms with E-state index in [1.807, 2.05) is 0 Å². The van der Waals surface area contributed by atoms with Crippen LogP contribution in [0.5, 0.6) is 0 Å². The van der Waals surface area contributed by atoms with Crippen molar-refractivity contribution in [1.29, 1.82) is 0 Å². The monoisotopic (exact) mass is 325 g/mol. The van der Waals surface area contributed by atoms with Crippen LogP contribution in [0, 0.1) is 5.92 Å². The fourth-order valence-corrected chi connectivity index (χ4v) is 3.88. The first-order valence-electron chi connectivity index (χ1n) is 8.10. The van der Waals surface area contributed by atoms with Crippen molar-refractivity contribution in [3.05, 3.63) is 29.8 Å². The van der Waals surface area contributed by atoms with Gasteiger partial charge < -0.3 is 10.0 Å². The van der Waals surface area contributed by atoms with Crippen LogP contribution in [-0.2, 0) is 9.84 Å². The van der Waals surface area contributed by atoms with E-state index < -0.39 is 15.9 Å². The number of likely N-dealkylation sites (tertiary alicyclic amines) is 1. The molecule has 0 spiro atoms. The molecule has 1 aliphatic heterocycles. The third-order valence-electron chi connectivity index (χ3n) is 4.42. The van der Waals surface area contributed by atoms with Crippen LogP contribution >= 0.6 is 0 Å². The molecule has 0 radical (unpaired) electrons. The number of aliphatic hydroxyl groups is 1. The highest BCUT2D eigenvalue weighted by Gasteiger charge is 2.21. The summed E-state index contributed by atoms with van der Waals surface area (Å²) in [7, 11) is -3.18. The van der Waals surface area contributed by atoms with E-state index in [9.17, 15) is 13.5 Å². The van der Waals surface area contributed by atoms with Crippen molar-refractivity contribution in [2.75, 3.05) is 25.9 Å². The summed E-state index contributed by atoms with van der Waals surface area (Å²) in [6.07, 6.45) is 5.60. The van der Waals surface area contributed by atoms with Gasteiger partial charge in [0.25, 0.3) is 0 Å². The SMILES string of the molecule is CCCC1CCCN(CC(O)c2ccc(S(C)(=O)=O)cc2)C1. The fraction of sp³-hybridized carbons (Fsp3) is 0.647. The topological polar surface area (TPSA) is 57.6 Å². The second-order valence-electron chi connectivity index (χ2n) is 6.41. The van der Waals surface area contributed by atoms with Crippen LogP contribution in [0.2, 0.25) is 0 Å². The average Bonchev–Trinajstić information content (AvgIpc) is 2.47. The summed E-state index contributed by atoms with van der Waals surface area (Å²) >= 11 is 0. The zero-order valence-corrected chi connectivity index (χ0v) is 14.3. The summed E-state index contributed by atoms with van der Waals surface area (Å²) in [5.74, 6) is 0.749. The van der Waals surface area contributed by atoms with Crippen molar-refractivity contribution in [1.82, 2.24) is 4.90 Å². The van der Waals surface area contributed by atoms with Crippen molar-refractivity contribution in [2.45, 2.75) is 43.6 Å². The molecule has 0 aromatic heterocycles. The van der Waals surface area contributed by atoms with E-state index >= 15 is 0 Å². The van der Waals surface area contributed by atoms with Gasteiger partial charge in [0.15, 0.2) is 9.84 Å². The lowest BCUT2D eigenvalue weighted by molar-refractivity contribution is 0.0825. The van der Waals surface area contributed by atoms with Crippen LogP contribution in [0.15, 0.2) is 29.2 Å². The second-order valence-corrected chi connectivity index (χ2v) is 8.43. The van der Waals surface area contributed by atoms with Gasteiger partial charge in [-0.25, -0.2) is 8.42 Å². The Kier molecular flexibility index (Phi) is 6.01. The average molecular weight is 325 g/mol. The van der Waals surface area contributed by atoms with E-state index in [0.717, 1.165) is 24.6 Å². The highest BCUT2D eigenvalue weighted by Crippen LogP contribution is 2.24. The number of piperidine rings is 1. The highest BCUT2D eigenvalue weighted by atomic mass is 32.2. The molecule has 0 aliphatic carbocycles. The van der Waals surface area contributed by atoms with Gasteiger partial charge in [0.05, 0.1) is 11.0 Å². The molecular formula is C17H27NO3S. The van der Waals surface area contributed by atoms with Gasteiger partial charge in [-0.3, -0.25) is 0 Å². The van der Waals surface area contributed by atoms with Crippen molar-refractivity contribution >= 4 is 9.84 Å². The Hall–Kier alpha value is -0.910. The van der Waals surface area contributed by atoms with Gasteiger partial charge in [0.1, 0.15) is 0 Å². The second kappa shape index (κ2) is 7.57. The zero-order valence-electron chi connectivity index (χ0n) is 13.5. The minimum Gasteiger partial charge on any atom is -0.387 e. The number of hydrogen-bond acceptors (Lipinski definition) is 4. The predicted octanol–water partition coefficient (Wildman–Crippen LogP) is 2.64. The molecule has 0 saturated carbocycles. The molecule has 2 atom stereocenters. The molecule has 1 heterocycles. The normalized spacial score (nSPS) is 21.7. The van der Waals surface area contributed by atoms with Gasteiger partial charge in [-0.1, -0.05) is 25.5 Å². The molecule has 1 saturated heterocycles. The number of sulfone groups is 1. The predicted molar refractivity (Wildman–Crippen MR) is 88.6 cm³/mol. The Balaban J connectivity index is 1.95. The molecule has 124 valence electrons. The van der Waals surface area contributed by atoms with Crippen LogP contribution in [0.1, 0.15) is 44.3 Å². The van der Waals surface area contributed by atoms with Crippen molar-refractivity contribution < 1.29 is 13.5 Å². The summed E-state index contributed by atoms with van der Waals surface area (Å²) < 4.78 is 22.9. The van der Waals surface area contributed by atoms with E-state index in [1.165, 1.54) is 31.9 Å². The van der Waals surface area contributed by atoms with E-state index in [2.05, 4.69) is 11.8 Å². The molecule has 1 aromatic rings. The Morgan fingerprint density at radius 1 is 1.32 bits per heavy atom. The van der Waals surface area contributed by atoms with Crippen LogP contribution in [-0.4, -0.2) is 44.3 Å². The molecule has 4 nitrogen and oxygen atoms in total. The summed E-state index contributed by atoms with van der Waals surface area (Å²) in [6.45, 7) is 4.95. The Morgan fingerprint density at radius 3 is 2.59 bits per heavy atom. The fourth-order valence-electron chi connectivity index (χ4n) is 3.25. The number of β-amino-alcohol motifs (C(OH)–C–C–N with tert-alkyl or cyclic N) is 1. The van der Waals surface area contributed by atoms with Crippen molar-refractivity contribution in [3.8, 4) is 0 Å². The minimum absolute atomic E-state index is 0.296. The molecule has 1 aliphatic rings. The molecule has 2 rings (SSSR count). The number of rotatable bonds is 6. The van der Waals surface area contributed by atoms with Crippen LogP contribution in [0.3, 0.4) is 0 Å². The lowest BCUT2D eigenvalue weighted by atomic mass is 9.93. The maximum atomic E-state index is 11.5. The van der Waals surface area contributed by atoms with Gasteiger partial charge in [0, 0.05) is 19.3 Å². The summed E-state index contributed by atoms with van der Waals surface area (Å²) in [5.41, 5.74) is 0.782. The highest BCUT2D eigenvalue weighted by molar-refractivity contribution is 7.90. The molecule has 0 amide bonds. The standard InChI is InChI=1S/C17H27NO3S/c1-3-5-14-6-4-11-18(12-14)13-17(19)15-7-9-16(10-8-15)22(2,20)21/h7-10,14,17,19H,3-6,11-13H2,1-2H3. The quantitative estimate of drug-likeness (QED) is 0.873. The molecule has 0 bridgehead atoms. The summed E-state index contributed by atoms with van der Waals surface area (Å²) in [6, 6.07) is 6.58. The molecule has 1 aromatic carbocycles. The molecule has 5 heteroatoms. The Morgan fingerprint density at radius 2 is 2.00 bits per heavy atom. The first-order chi connectivity index (χ1) is 10.4. The van der Waals surface area contributed by atoms with Crippen molar-refractivity contribution in [3.63, 3.8) is 0 Å². The first kappa shape index (κ1) is 17.4. The number of benzene rings is 1. The number of aliphatic hydroxyl groups excluding tert-OH is 1. The van der Waals surface area contributed by atoms with Gasteiger partial charge in [-0.2, -0.15) is 0 Å². The summed E-state index contributed by atoms with van der Waals surface area (Å²) in [4.78, 5) is 2.63. The van der Waals surface area contributed by atoms with Gasteiger partial charge >= 0.3 is 0 Å². The maximum Gasteiger partial charge on any atom is 0.175 e. The molecule has 1 N–H and O–H groups in total. The third kappa shape index (κ3) is 4.80. The van der Waals surface area contributed by atoms with Gasteiger partial charge in [-0.15, -0.1) is 0 Å². The largest absolute Gasteiger partial charge is 0.387 e. The summed E-state index contributed by atoms with van der Waals surface area (Å²) in [5, 5.41) is 10.4. The Labute approximate surface area is 134 Å². The Bertz CT molecular complexity index is 566. The first-order valence-corrected chi connectivity index (χ1v) is 9.99. The number of hydrogen-bond donors (Lipinski definition) is 1. The maximum absolute atomic E-state index is 11.5. The van der Waals surface area contributed by atoms with E-state index in [0.29, 0.717) is 11.4 Å². The van der Waals surface area contributed by atoms with Gasteiger partial charge in [-0.05, 0) is 49.4 Å². The molecule has 22 heavy (non-hydrogen) atoms. The van der Waals surface area contributed by atoms with E-state index in [-0.39, 0.29) is 0 Å². The van der Waals surface area contributed by atoms with Crippen molar-refractivity contribution in [2.24, 2.45) is 5.92 Å². The van der Waals surface area contributed by atoms with Crippen LogP contribution in [0.4, 0.5) is 0 Å². The van der Waals surface area contributed by atoms with Gasteiger partial charge in [0.2, 0.25) is 0 Å².